The summed E-state index contributed by atoms with van der Waals surface area (Å²) in [6.07, 6.45) is 3.70. The van der Waals surface area contributed by atoms with Crippen molar-refractivity contribution >= 4 is 0 Å². The predicted octanol–water partition coefficient (Wildman–Crippen LogP) is 0.685. The number of unbranched alkanes of at least 4 members (excludes halogenated alkanes) is 1. The first-order valence-corrected chi connectivity index (χ1v) is 6.87. The Hall–Kier alpha value is -0.160. The summed E-state index contributed by atoms with van der Waals surface area (Å²) in [5, 5.41) is 7.08. The fraction of sp³-hybridized carbons (Fsp3) is 1.00. The molecule has 0 spiro atoms. The molecule has 17 heavy (non-hydrogen) atoms. The molecule has 0 amide bonds. The predicted molar refractivity (Wildman–Crippen MR) is 72.5 cm³/mol. The maximum absolute atomic E-state index is 5.46. The SMILES string of the molecule is CC(CC1COCCN1)NCCCCN(C)C. The molecule has 0 bridgehead atoms. The fourth-order valence-corrected chi connectivity index (χ4v) is 2.18. The van der Waals surface area contributed by atoms with Gasteiger partial charge in [0.05, 0.1) is 13.2 Å². The van der Waals surface area contributed by atoms with Gasteiger partial charge in [-0.25, -0.2) is 0 Å². The van der Waals surface area contributed by atoms with Crippen molar-refractivity contribution in [2.45, 2.75) is 38.3 Å². The molecule has 0 radical (unpaired) electrons. The molecule has 102 valence electrons. The topological polar surface area (TPSA) is 36.5 Å². The van der Waals surface area contributed by atoms with Gasteiger partial charge in [-0.2, -0.15) is 0 Å². The summed E-state index contributed by atoms with van der Waals surface area (Å²) in [4.78, 5) is 2.24. The van der Waals surface area contributed by atoms with E-state index in [0.29, 0.717) is 12.1 Å². The zero-order valence-corrected chi connectivity index (χ0v) is 11.7. The van der Waals surface area contributed by atoms with Crippen LogP contribution in [-0.4, -0.2) is 63.9 Å². The second kappa shape index (κ2) is 8.86. The monoisotopic (exact) mass is 243 g/mol. The van der Waals surface area contributed by atoms with Crippen LogP contribution in [0.3, 0.4) is 0 Å². The lowest BCUT2D eigenvalue weighted by molar-refractivity contribution is 0.0712. The van der Waals surface area contributed by atoms with Gasteiger partial charge >= 0.3 is 0 Å². The number of rotatable bonds is 8. The number of hydrogen-bond donors (Lipinski definition) is 2. The Labute approximate surface area is 106 Å². The lowest BCUT2D eigenvalue weighted by Crippen LogP contribution is -2.45. The number of nitrogens with one attached hydrogen (secondary N) is 2. The zero-order chi connectivity index (χ0) is 12.5. The molecule has 2 N–H and O–H groups in total. The van der Waals surface area contributed by atoms with Gasteiger partial charge in [-0.3, -0.25) is 0 Å². The molecular formula is C13H29N3O. The molecule has 1 aliphatic rings. The molecule has 0 aromatic carbocycles. The van der Waals surface area contributed by atoms with Crippen LogP contribution in [0.25, 0.3) is 0 Å². The Kier molecular flexibility index (Phi) is 7.77. The van der Waals surface area contributed by atoms with Crippen LogP contribution in [0.4, 0.5) is 0 Å². The third-order valence-electron chi connectivity index (χ3n) is 3.16. The van der Waals surface area contributed by atoms with E-state index in [1.807, 2.05) is 0 Å². The highest BCUT2D eigenvalue weighted by Crippen LogP contribution is 2.02. The quantitative estimate of drug-likeness (QED) is 0.615. The molecular weight excluding hydrogens is 214 g/mol. The molecule has 1 rings (SSSR count). The van der Waals surface area contributed by atoms with E-state index in [9.17, 15) is 0 Å². The van der Waals surface area contributed by atoms with Gasteiger partial charge in [-0.15, -0.1) is 0 Å². The molecule has 4 heteroatoms. The average molecular weight is 243 g/mol. The smallest absolute Gasteiger partial charge is 0.0620 e. The van der Waals surface area contributed by atoms with Crippen LogP contribution >= 0.6 is 0 Å². The van der Waals surface area contributed by atoms with Crippen molar-refractivity contribution < 1.29 is 4.74 Å². The highest BCUT2D eigenvalue weighted by atomic mass is 16.5. The molecule has 2 unspecified atom stereocenters. The minimum Gasteiger partial charge on any atom is -0.379 e. The molecule has 1 fully saturated rings. The standard InChI is InChI=1S/C13H29N3O/c1-12(10-13-11-17-9-7-15-13)14-6-4-5-8-16(2)3/h12-15H,4-11H2,1-3H3. The van der Waals surface area contributed by atoms with Gasteiger partial charge in [0.15, 0.2) is 0 Å². The average Bonchev–Trinajstić information content (AvgIpc) is 2.29. The van der Waals surface area contributed by atoms with Gasteiger partial charge < -0.3 is 20.3 Å². The first-order chi connectivity index (χ1) is 8.18. The van der Waals surface area contributed by atoms with Gasteiger partial charge in [0.1, 0.15) is 0 Å². The molecule has 4 nitrogen and oxygen atoms in total. The second-order valence-corrected chi connectivity index (χ2v) is 5.33. The first kappa shape index (κ1) is 14.9. The van der Waals surface area contributed by atoms with Crippen LogP contribution in [0.5, 0.6) is 0 Å². The Morgan fingerprint density at radius 1 is 1.41 bits per heavy atom. The van der Waals surface area contributed by atoms with Gasteiger partial charge in [0.2, 0.25) is 0 Å². The van der Waals surface area contributed by atoms with E-state index in [4.69, 9.17) is 4.74 Å². The molecule has 1 saturated heterocycles. The highest BCUT2D eigenvalue weighted by molar-refractivity contribution is 4.75. The van der Waals surface area contributed by atoms with Gasteiger partial charge in [0.25, 0.3) is 0 Å². The lowest BCUT2D eigenvalue weighted by atomic mass is 10.1. The second-order valence-electron chi connectivity index (χ2n) is 5.33. The molecule has 0 aromatic rings. The van der Waals surface area contributed by atoms with Crippen molar-refractivity contribution in [2.75, 3.05) is 46.9 Å². The third kappa shape index (κ3) is 7.71. The summed E-state index contributed by atoms with van der Waals surface area (Å²) >= 11 is 0. The van der Waals surface area contributed by atoms with E-state index in [0.717, 1.165) is 32.7 Å². The van der Waals surface area contributed by atoms with E-state index in [-0.39, 0.29) is 0 Å². The first-order valence-electron chi connectivity index (χ1n) is 6.87. The fourth-order valence-electron chi connectivity index (χ4n) is 2.18. The zero-order valence-electron chi connectivity index (χ0n) is 11.7. The molecule has 0 aliphatic carbocycles. The van der Waals surface area contributed by atoms with Crippen molar-refractivity contribution in [3.05, 3.63) is 0 Å². The molecule has 1 aliphatic heterocycles. The summed E-state index contributed by atoms with van der Waals surface area (Å²) in [6.45, 7) is 7.31. The van der Waals surface area contributed by atoms with E-state index in [2.05, 4.69) is 36.6 Å². The number of nitrogens with zero attached hydrogens (tertiary/aromatic N) is 1. The van der Waals surface area contributed by atoms with Crippen LogP contribution in [0, 0.1) is 0 Å². The van der Waals surface area contributed by atoms with Crippen molar-refractivity contribution in [1.82, 2.24) is 15.5 Å². The van der Waals surface area contributed by atoms with Gasteiger partial charge in [-0.1, -0.05) is 0 Å². The summed E-state index contributed by atoms with van der Waals surface area (Å²) in [5.74, 6) is 0. The van der Waals surface area contributed by atoms with Crippen molar-refractivity contribution in [3.8, 4) is 0 Å². The van der Waals surface area contributed by atoms with E-state index in [1.54, 1.807) is 0 Å². The summed E-state index contributed by atoms with van der Waals surface area (Å²) < 4.78 is 5.46. The lowest BCUT2D eigenvalue weighted by Gasteiger charge is -2.26. The Balaban J connectivity index is 1.95. The van der Waals surface area contributed by atoms with Crippen LogP contribution < -0.4 is 10.6 Å². The van der Waals surface area contributed by atoms with Crippen LogP contribution in [0.2, 0.25) is 0 Å². The largest absolute Gasteiger partial charge is 0.379 e. The summed E-state index contributed by atoms with van der Waals surface area (Å²) in [5.41, 5.74) is 0. The minimum absolute atomic E-state index is 0.535. The molecule has 1 heterocycles. The Bertz CT molecular complexity index is 182. The maximum atomic E-state index is 5.46. The minimum atomic E-state index is 0.535. The Morgan fingerprint density at radius 3 is 2.88 bits per heavy atom. The number of morpholine rings is 1. The van der Waals surface area contributed by atoms with Gasteiger partial charge in [0, 0.05) is 18.6 Å². The maximum Gasteiger partial charge on any atom is 0.0620 e. The summed E-state index contributed by atoms with van der Waals surface area (Å²) in [7, 11) is 4.26. The van der Waals surface area contributed by atoms with Gasteiger partial charge in [-0.05, 0) is 53.4 Å². The number of hydrogen-bond acceptors (Lipinski definition) is 4. The van der Waals surface area contributed by atoms with Crippen molar-refractivity contribution in [2.24, 2.45) is 0 Å². The van der Waals surface area contributed by atoms with E-state index in [1.165, 1.54) is 19.4 Å². The molecule has 0 aromatic heterocycles. The number of ether oxygens (including phenoxy) is 1. The van der Waals surface area contributed by atoms with Crippen LogP contribution in [-0.2, 0) is 4.74 Å². The molecule has 0 saturated carbocycles. The highest BCUT2D eigenvalue weighted by Gasteiger charge is 2.15. The Morgan fingerprint density at radius 2 is 2.24 bits per heavy atom. The van der Waals surface area contributed by atoms with E-state index < -0.39 is 0 Å². The normalized spacial score (nSPS) is 22.9. The molecule has 2 atom stereocenters. The van der Waals surface area contributed by atoms with Crippen LogP contribution in [0.15, 0.2) is 0 Å². The third-order valence-corrected chi connectivity index (χ3v) is 3.16. The van der Waals surface area contributed by atoms with Crippen LogP contribution in [0.1, 0.15) is 26.2 Å². The van der Waals surface area contributed by atoms with Crippen molar-refractivity contribution in [1.29, 1.82) is 0 Å². The van der Waals surface area contributed by atoms with Crippen molar-refractivity contribution in [3.63, 3.8) is 0 Å². The summed E-state index contributed by atoms with van der Waals surface area (Å²) in [6, 6.07) is 1.11. The van der Waals surface area contributed by atoms with E-state index >= 15 is 0 Å².